The zero-order chi connectivity index (χ0) is 12.5. The summed E-state index contributed by atoms with van der Waals surface area (Å²) in [7, 11) is 0. The Bertz CT molecular complexity index is 567. The molecule has 1 atom stereocenters. The molecule has 5 heteroatoms. The molecule has 0 spiro atoms. The lowest BCUT2D eigenvalue weighted by molar-refractivity contribution is 0.880. The highest BCUT2D eigenvalue weighted by atomic mass is 35.5. The molecule has 0 fully saturated rings. The molecule has 0 aromatic carbocycles. The zero-order valence-electron chi connectivity index (χ0n) is 10.1. The molecule has 1 aliphatic rings. The quantitative estimate of drug-likeness (QED) is 0.927. The summed E-state index contributed by atoms with van der Waals surface area (Å²) in [5.41, 5.74) is 2.48. The Kier molecular flexibility index (Phi) is 3.22. The van der Waals surface area contributed by atoms with E-state index in [0.717, 1.165) is 23.0 Å². The van der Waals surface area contributed by atoms with Crippen molar-refractivity contribution >= 4 is 28.8 Å². The van der Waals surface area contributed by atoms with Crippen LogP contribution < -0.4 is 5.32 Å². The molecule has 3 nitrogen and oxygen atoms in total. The standard InChI is InChI=1S/C13H14ClN3S/c1-8(11-5-6-12(14)18-11)17-13-9-3-2-4-10(9)15-7-16-13/h5-8H,2-4H2,1H3,(H,15,16,17). The van der Waals surface area contributed by atoms with Gasteiger partial charge < -0.3 is 5.32 Å². The molecule has 1 unspecified atom stereocenters. The van der Waals surface area contributed by atoms with Crippen LogP contribution in [0.4, 0.5) is 5.82 Å². The molecule has 2 aromatic rings. The monoisotopic (exact) mass is 279 g/mol. The van der Waals surface area contributed by atoms with Gasteiger partial charge in [0.1, 0.15) is 12.1 Å². The van der Waals surface area contributed by atoms with Gasteiger partial charge in [0.25, 0.3) is 0 Å². The molecule has 0 saturated carbocycles. The van der Waals surface area contributed by atoms with Crippen molar-refractivity contribution in [2.75, 3.05) is 5.32 Å². The fraction of sp³-hybridized carbons (Fsp3) is 0.385. The van der Waals surface area contributed by atoms with E-state index in [9.17, 15) is 0 Å². The average molecular weight is 280 g/mol. The van der Waals surface area contributed by atoms with Crippen LogP contribution in [-0.4, -0.2) is 9.97 Å². The first-order valence-electron chi connectivity index (χ1n) is 6.08. The maximum absolute atomic E-state index is 5.97. The number of hydrogen-bond donors (Lipinski definition) is 1. The normalized spacial score (nSPS) is 15.4. The van der Waals surface area contributed by atoms with Crippen LogP contribution in [0.3, 0.4) is 0 Å². The number of aromatic nitrogens is 2. The Morgan fingerprint density at radius 1 is 1.33 bits per heavy atom. The van der Waals surface area contributed by atoms with Gasteiger partial charge in [-0.3, -0.25) is 0 Å². The third-order valence-corrected chi connectivity index (χ3v) is 4.66. The first kappa shape index (κ1) is 11.9. The smallest absolute Gasteiger partial charge is 0.133 e. The van der Waals surface area contributed by atoms with Gasteiger partial charge in [-0.1, -0.05) is 11.6 Å². The number of hydrogen-bond acceptors (Lipinski definition) is 4. The summed E-state index contributed by atoms with van der Waals surface area (Å²) in [4.78, 5) is 9.93. The molecular formula is C13H14ClN3S. The van der Waals surface area contributed by atoms with E-state index in [1.165, 1.54) is 22.6 Å². The molecule has 2 aromatic heterocycles. The first-order valence-corrected chi connectivity index (χ1v) is 7.28. The molecule has 0 bridgehead atoms. The Labute approximate surface area is 115 Å². The van der Waals surface area contributed by atoms with E-state index >= 15 is 0 Å². The van der Waals surface area contributed by atoms with Crippen LogP contribution >= 0.6 is 22.9 Å². The van der Waals surface area contributed by atoms with Gasteiger partial charge in [-0.25, -0.2) is 9.97 Å². The molecule has 0 radical (unpaired) electrons. The largest absolute Gasteiger partial charge is 0.362 e. The van der Waals surface area contributed by atoms with Crippen molar-refractivity contribution in [3.05, 3.63) is 38.9 Å². The lowest BCUT2D eigenvalue weighted by Gasteiger charge is -2.15. The molecular weight excluding hydrogens is 266 g/mol. The highest BCUT2D eigenvalue weighted by Crippen LogP contribution is 2.31. The topological polar surface area (TPSA) is 37.8 Å². The van der Waals surface area contributed by atoms with Gasteiger partial charge in [-0.05, 0) is 38.3 Å². The van der Waals surface area contributed by atoms with E-state index in [-0.39, 0.29) is 6.04 Å². The number of aryl methyl sites for hydroxylation is 1. The maximum atomic E-state index is 5.97. The maximum Gasteiger partial charge on any atom is 0.133 e. The lowest BCUT2D eigenvalue weighted by atomic mass is 10.2. The Morgan fingerprint density at radius 2 is 2.22 bits per heavy atom. The summed E-state index contributed by atoms with van der Waals surface area (Å²) in [6.07, 6.45) is 4.99. The van der Waals surface area contributed by atoms with Gasteiger partial charge in [0, 0.05) is 16.1 Å². The highest BCUT2D eigenvalue weighted by Gasteiger charge is 2.18. The molecule has 94 valence electrons. The molecule has 18 heavy (non-hydrogen) atoms. The van der Waals surface area contributed by atoms with Crippen molar-refractivity contribution < 1.29 is 0 Å². The van der Waals surface area contributed by atoms with Gasteiger partial charge in [0.05, 0.1) is 10.4 Å². The van der Waals surface area contributed by atoms with Crippen molar-refractivity contribution in [1.82, 2.24) is 9.97 Å². The summed E-state index contributed by atoms with van der Waals surface area (Å²) in [6, 6.07) is 4.22. The SMILES string of the molecule is CC(Nc1ncnc2c1CCC2)c1ccc(Cl)s1. The second-order valence-electron chi connectivity index (χ2n) is 4.51. The summed E-state index contributed by atoms with van der Waals surface area (Å²) >= 11 is 7.57. The minimum Gasteiger partial charge on any atom is -0.362 e. The molecule has 0 saturated heterocycles. The first-order chi connectivity index (χ1) is 8.74. The van der Waals surface area contributed by atoms with Crippen LogP contribution in [0.25, 0.3) is 0 Å². The van der Waals surface area contributed by atoms with Crippen LogP contribution in [0.2, 0.25) is 4.34 Å². The van der Waals surface area contributed by atoms with E-state index in [0.29, 0.717) is 0 Å². The second-order valence-corrected chi connectivity index (χ2v) is 6.26. The number of halogens is 1. The van der Waals surface area contributed by atoms with Crippen LogP contribution in [0.1, 0.15) is 35.5 Å². The predicted molar refractivity (Wildman–Crippen MR) is 75.4 cm³/mol. The number of fused-ring (bicyclic) bond motifs is 1. The molecule has 1 aliphatic carbocycles. The van der Waals surface area contributed by atoms with E-state index in [1.807, 2.05) is 6.07 Å². The molecule has 0 amide bonds. The zero-order valence-corrected chi connectivity index (χ0v) is 11.7. The second kappa shape index (κ2) is 4.86. The van der Waals surface area contributed by atoms with Crippen LogP contribution in [0.5, 0.6) is 0 Å². The summed E-state index contributed by atoms with van der Waals surface area (Å²) in [5.74, 6) is 0.981. The Morgan fingerprint density at radius 3 is 3.00 bits per heavy atom. The molecule has 2 heterocycles. The minimum absolute atomic E-state index is 0.224. The summed E-state index contributed by atoms with van der Waals surface area (Å²) in [6.45, 7) is 2.13. The fourth-order valence-corrected chi connectivity index (χ4v) is 3.38. The predicted octanol–water partition coefficient (Wildman–Crippen LogP) is 3.85. The van der Waals surface area contributed by atoms with Crippen molar-refractivity contribution in [2.24, 2.45) is 0 Å². The number of nitrogens with one attached hydrogen (secondary N) is 1. The van der Waals surface area contributed by atoms with Gasteiger partial charge in [0.15, 0.2) is 0 Å². The van der Waals surface area contributed by atoms with E-state index < -0.39 is 0 Å². The minimum atomic E-state index is 0.224. The summed E-state index contributed by atoms with van der Waals surface area (Å²) in [5, 5.41) is 3.47. The highest BCUT2D eigenvalue weighted by molar-refractivity contribution is 7.16. The fourth-order valence-electron chi connectivity index (χ4n) is 2.32. The third-order valence-electron chi connectivity index (χ3n) is 3.25. The van der Waals surface area contributed by atoms with Crippen molar-refractivity contribution in [3.8, 4) is 0 Å². The van der Waals surface area contributed by atoms with E-state index in [1.54, 1.807) is 17.7 Å². The Hall–Kier alpha value is -1.13. The van der Waals surface area contributed by atoms with Gasteiger partial charge >= 0.3 is 0 Å². The summed E-state index contributed by atoms with van der Waals surface area (Å²) < 4.78 is 0.826. The number of rotatable bonds is 3. The number of nitrogens with zero attached hydrogens (tertiary/aromatic N) is 2. The van der Waals surface area contributed by atoms with Gasteiger partial charge in [-0.2, -0.15) is 0 Å². The van der Waals surface area contributed by atoms with Gasteiger partial charge in [-0.15, -0.1) is 11.3 Å². The lowest BCUT2D eigenvalue weighted by Crippen LogP contribution is -2.09. The van der Waals surface area contributed by atoms with E-state index in [4.69, 9.17) is 11.6 Å². The van der Waals surface area contributed by atoms with Crippen LogP contribution in [-0.2, 0) is 12.8 Å². The van der Waals surface area contributed by atoms with Crippen molar-refractivity contribution in [3.63, 3.8) is 0 Å². The average Bonchev–Trinajstić information content (AvgIpc) is 2.97. The number of anilines is 1. The number of thiophene rings is 1. The van der Waals surface area contributed by atoms with Crippen LogP contribution in [0, 0.1) is 0 Å². The molecule has 0 aliphatic heterocycles. The van der Waals surface area contributed by atoms with Crippen molar-refractivity contribution in [1.29, 1.82) is 0 Å². The Balaban J connectivity index is 1.83. The van der Waals surface area contributed by atoms with Crippen LogP contribution in [0.15, 0.2) is 18.5 Å². The third kappa shape index (κ3) is 2.22. The van der Waals surface area contributed by atoms with E-state index in [2.05, 4.69) is 28.3 Å². The molecule has 3 rings (SSSR count). The molecule has 1 N–H and O–H groups in total. The van der Waals surface area contributed by atoms with Gasteiger partial charge in [0.2, 0.25) is 0 Å². The van der Waals surface area contributed by atoms with Crippen molar-refractivity contribution in [2.45, 2.75) is 32.2 Å².